The zero-order chi connectivity index (χ0) is 14.9. The monoisotopic (exact) mass is 301 g/mol. The van der Waals surface area contributed by atoms with Gasteiger partial charge in [0, 0.05) is 18.1 Å². The molecule has 2 nitrogen and oxygen atoms in total. The van der Waals surface area contributed by atoms with Crippen molar-refractivity contribution in [3.05, 3.63) is 34.3 Å². The van der Waals surface area contributed by atoms with E-state index in [1.165, 1.54) is 0 Å². The van der Waals surface area contributed by atoms with Crippen LogP contribution in [0.5, 0.6) is 0 Å². The average Bonchev–Trinajstić information content (AvgIpc) is 2.55. The lowest BCUT2D eigenvalue weighted by Crippen LogP contribution is -2.43. The SMILES string of the molecule is C#CC1CN(C(=O)C(F)(F)F)CCc2cc(Cl)ccc21. The molecule has 0 bridgehead atoms. The highest BCUT2D eigenvalue weighted by molar-refractivity contribution is 6.30. The Morgan fingerprint density at radius 3 is 2.75 bits per heavy atom. The molecule has 2 rings (SSSR count). The number of amides is 1. The maximum atomic E-state index is 12.5. The van der Waals surface area contributed by atoms with E-state index < -0.39 is 18.0 Å². The Bertz CT molecular complexity index is 577. The molecule has 1 aliphatic heterocycles. The van der Waals surface area contributed by atoms with Crippen molar-refractivity contribution in [3.63, 3.8) is 0 Å². The normalized spacial score (nSPS) is 18.9. The van der Waals surface area contributed by atoms with Crippen LogP contribution in [0.2, 0.25) is 5.02 Å². The molecule has 0 spiro atoms. The number of terminal acetylenes is 1. The summed E-state index contributed by atoms with van der Waals surface area (Å²) < 4.78 is 37.6. The molecular weight excluding hydrogens is 291 g/mol. The van der Waals surface area contributed by atoms with Gasteiger partial charge in [-0.15, -0.1) is 6.42 Å². The summed E-state index contributed by atoms with van der Waals surface area (Å²) in [7, 11) is 0. The molecule has 106 valence electrons. The van der Waals surface area contributed by atoms with Crippen LogP contribution in [0.4, 0.5) is 13.2 Å². The van der Waals surface area contributed by atoms with Crippen LogP contribution in [0.1, 0.15) is 17.0 Å². The Morgan fingerprint density at radius 1 is 1.45 bits per heavy atom. The van der Waals surface area contributed by atoms with Gasteiger partial charge in [-0.05, 0) is 29.7 Å². The molecule has 0 saturated heterocycles. The van der Waals surface area contributed by atoms with Crippen molar-refractivity contribution in [2.75, 3.05) is 13.1 Å². The van der Waals surface area contributed by atoms with E-state index in [9.17, 15) is 18.0 Å². The molecule has 1 heterocycles. The highest BCUT2D eigenvalue weighted by Gasteiger charge is 2.43. The topological polar surface area (TPSA) is 20.3 Å². The van der Waals surface area contributed by atoms with Crippen molar-refractivity contribution in [2.24, 2.45) is 0 Å². The van der Waals surface area contributed by atoms with Crippen LogP contribution in [0.15, 0.2) is 18.2 Å². The third kappa shape index (κ3) is 2.91. The highest BCUT2D eigenvalue weighted by Crippen LogP contribution is 2.29. The van der Waals surface area contributed by atoms with Gasteiger partial charge in [0.1, 0.15) is 0 Å². The van der Waals surface area contributed by atoms with Crippen LogP contribution < -0.4 is 0 Å². The summed E-state index contributed by atoms with van der Waals surface area (Å²) in [5, 5.41) is 0.495. The molecule has 1 unspecified atom stereocenters. The molecule has 1 atom stereocenters. The van der Waals surface area contributed by atoms with E-state index >= 15 is 0 Å². The second kappa shape index (κ2) is 5.37. The number of carbonyl (C=O) groups excluding carboxylic acids is 1. The molecule has 20 heavy (non-hydrogen) atoms. The van der Waals surface area contributed by atoms with E-state index in [-0.39, 0.29) is 13.1 Å². The van der Waals surface area contributed by atoms with Gasteiger partial charge in [0.05, 0.1) is 5.92 Å². The van der Waals surface area contributed by atoms with E-state index in [0.29, 0.717) is 11.4 Å². The van der Waals surface area contributed by atoms with Gasteiger partial charge in [-0.2, -0.15) is 13.2 Å². The Labute approximate surface area is 119 Å². The molecular formula is C14H11ClF3NO. The zero-order valence-electron chi connectivity index (χ0n) is 10.4. The molecule has 0 radical (unpaired) electrons. The first-order valence-electron chi connectivity index (χ1n) is 5.93. The summed E-state index contributed by atoms with van der Waals surface area (Å²) in [6.07, 6.45) is 0.815. The number of hydrogen-bond donors (Lipinski definition) is 0. The fourth-order valence-corrected chi connectivity index (χ4v) is 2.50. The number of carbonyl (C=O) groups is 1. The molecule has 1 aromatic carbocycles. The fraction of sp³-hybridized carbons (Fsp3) is 0.357. The Kier molecular flexibility index (Phi) is 3.96. The van der Waals surface area contributed by atoms with E-state index in [2.05, 4.69) is 5.92 Å². The average molecular weight is 302 g/mol. The highest BCUT2D eigenvalue weighted by atomic mass is 35.5. The molecule has 0 N–H and O–H groups in total. The summed E-state index contributed by atoms with van der Waals surface area (Å²) in [5.74, 6) is 0.0420. The minimum Gasteiger partial charge on any atom is -0.333 e. The van der Waals surface area contributed by atoms with Gasteiger partial charge >= 0.3 is 12.1 Å². The van der Waals surface area contributed by atoms with Crippen LogP contribution in [-0.4, -0.2) is 30.1 Å². The number of fused-ring (bicyclic) bond motifs is 1. The van der Waals surface area contributed by atoms with Crippen molar-refractivity contribution in [3.8, 4) is 12.3 Å². The van der Waals surface area contributed by atoms with Gasteiger partial charge in [0.25, 0.3) is 0 Å². The summed E-state index contributed by atoms with van der Waals surface area (Å²) in [5.41, 5.74) is 1.55. The first-order valence-corrected chi connectivity index (χ1v) is 6.31. The van der Waals surface area contributed by atoms with Gasteiger partial charge in [-0.1, -0.05) is 23.6 Å². The lowest BCUT2D eigenvalue weighted by molar-refractivity contribution is -0.185. The van der Waals surface area contributed by atoms with E-state index in [1.807, 2.05) is 0 Å². The van der Waals surface area contributed by atoms with Crippen molar-refractivity contribution >= 4 is 17.5 Å². The summed E-state index contributed by atoms with van der Waals surface area (Å²) in [6, 6.07) is 5.04. The minimum atomic E-state index is -4.88. The van der Waals surface area contributed by atoms with E-state index in [1.54, 1.807) is 18.2 Å². The number of hydrogen-bond acceptors (Lipinski definition) is 1. The van der Waals surface area contributed by atoms with Crippen LogP contribution in [0.3, 0.4) is 0 Å². The van der Waals surface area contributed by atoms with E-state index in [0.717, 1.165) is 16.0 Å². The van der Waals surface area contributed by atoms with Crippen molar-refractivity contribution in [1.82, 2.24) is 4.90 Å². The Morgan fingerprint density at radius 2 is 2.15 bits per heavy atom. The smallest absolute Gasteiger partial charge is 0.333 e. The lowest BCUT2D eigenvalue weighted by atomic mass is 9.94. The third-order valence-corrected chi connectivity index (χ3v) is 3.50. The van der Waals surface area contributed by atoms with Crippen molar-refractivity contribution in [1.29, 1.82) is 0 Å². The summed E-state index contributed by atoms with van der Waals surface area (Å²) in [6.45, 7) is -0.159. The van der Waals surface area contributed by atoms with Crippen molar-refractivity contribution < 1.29 is 18.0 Å². The lowest BCUT2D eigenvalue weighted by Gasteiger charge is -2.23. The largest absolute Gasteiger partial charge is 0.471 e. The molecule has 0 aliphatic carbocycles. The molecule has 1 aliphatic rings. The number of alkyl halides is 3. The van der Waals surface area contributed by atoms with Gasteiger partial charge in [0.2, 0.25) is 0 Å². The number of rotatable bonds is 0. The quantitative estimate of drug-likeness (QED) is 0.675. The van der Waals surface area contributed by atoms with Gasteiger partial charge in [0.15, 0.2) is 0 Å². The van der Waals surface area contributed by atoms with Crippen LogP contribution >= 0.6 is 11.6 Å². The molecule has 0 saturated carbocycles. The summed E-state index contributed by atoms with van der Waals surface area (Å²) in [4.78, 5) is 12.1. The van der Waals surface area contributed by atoms with Gasteiger partial charge < -0.3 is 4.90 Å². The zero-order valence-corrected chi connectivity index (χ0v) is 11.1. The minimum absolute atomic E-state index is 0.0239. The first-order chi connectivity index (χ1) is 9.32. The second-order valence-corrected chi connectivity index (χ2v) is 5.00. The van der Waals surface area contributed by atoms with Crippen molar-refractivity contribution in [2.45, 2.75) is 18.5 Å². The Balaban J connectivity index is 2.33. The third-order valence-electron chi connectivity index (χ3n) is 3.27. The molecule has 0 aromatic heterocycles. The number of nitrogens with zero attached hydrogens (tertiary/aromatic N) is 1. The number of benzene rings is 1. The summed E-state index contributed by atoms with van der Waals surface area (Å²) >= 11 is 5.88. The van der Waals surface area contributed by atoms with Crippen LogP contribution in [-0.2, 0) is 11.2 Å². The molecule has 1 aromatic rings. The second-order valence-electron chi connectivity index (χ2n) is 4.56. The van der Waals surface area contributed by atoms with Crippen LogP contribution in [0.25, 0.3) is 0 Å². The van der Waals surface area contributed by atoms with E-state index in [4.69, 9.17) is 18.0 Å². The Hall–Kier alpha value is -1.67. The van der Waals surface area contributed by atoms with Gasteiger partial charge in [-0.25, -0.2) is 0 Å². The number of halogens is 4. The maximum Gasteiger partial charge on any atom is 0.471 e. The standard InChI is InChI=1S/C14H11ClF3NO/c1-2-9-8-19(13(20)14(16,17)18)6-5-10-7-11(15)3-4-12(9)10/h1,3-4,7,9H,5-6,8H2. The molecule has 1 amide bonds. The maximum absolute atomic E-state index is 12.5. The predicted molar refractivity (Wildman–Crippen MR) is 69.4 cm³/mol. The van der Waals surface area contributed by atoms with Gasteiger partial charge in [-0.3, -0.25) is 4.79 Å². The van der Waals surface area contributed by atoms with Crippen LogP contribution in [0, 0.1) is 12.3 Å². The first kappa shape index (κ1) is 14.7. The fourth-order valence-electron chi connectivity index (χ4n) is 2.30. The molecule has 6 heteroatoms. The predicted octanol–water partition coefficient (Wildman–Crippen LogP) is 3.00. The molecule has 0 fully saturated rings.